The van der Waals surface area contributed by atoms with E-state index in [4.69, 9.17) is 5.21 Å². The van der Waals surface area contributed by atoms with Crippen molar-refractivity contribution in [2.24, 2.45) is 0 Å². The lowest BCUT2D eigenvalue weighted by Crippen LogP contribution is -2.35. The highest BCUT2D eigenvalue weighted by molar-refractivity contribution is 7.72. The van der Waals surface area contributed by atoms with Crippen molar-refractivity contribution in [1.82, 2.24) is 10.8 Å². The molecule has 6 nitrogen and oxygen atoms in total. The molecule has 0 aromatic carbocycles. The van der Waals surface area contributed by atoms with Crippen LogP contribution < -0.4 is 10.8 Å². The normalized spacial score (nSPS) is 10.2. The third kappa shape index (κ3) is 10.7. The molecule has 0 aliphatic rings. The van der Waals surface area contributed by atoms with Gasteiger partial charge >= 0.3 is 0 Å². The van der Waals surface area contributed by atoms with E-state index < -0.39 is 16.2 Å². The molecule has 0 aromatic heterocycles. The van der Waals surface area contributed by atoms with Crippen LogP contribution in [0.1, 0.15) is 58.3 Å². The molecule has 19 heavy (non-hydrogen) atoms. The number of nitrogens with one attached hydrogen (secondary N) is 2. The Bertz CT molecular complexity index is 371. The molecule has 1 amide bonds. The molecule has 7 heteroatoms. The summed E-state index contributed by atoms with van der Waals surface area (Å²) in [7, 11) is -2.34. The quantitative estimate of drug-likeness (QED) is 0.244. The van der Waals surface area contributed by atoms with Gasteiger partial charge in [0, 0.05) is 0 Å². The van der Waals surface area contributed by atoms with Crippen molar-refractivity contribution < 1.29 is 18.4 Å². The van der Waals surface area contributed by atoms with Crippen molar-refractivity contribution in [3.8, 4) is 0 Å². The molecule has 0 spiro atoms. The Morgan fingerprint density at radius 3 is 2.16 bits per heavy atom. The Labute approximate surface area is 116 Å². The molecule has 0 bridgehead atoms. The molecule has 0 saturated carbocycles. The molecule has 0 heterocycles. The van der Waals surface area contributed by atoms with Crippen molar-refractivity contribution in [2.75, 3.05) is 6.54 Å². The first-order chi connectivity index (χ1) is 9.11. The molecule has 0 unspecified atom stereocenters. The van der Waals surface area contributed by atoms with Gasteiger partial charge in [-0.25, -0.2) is 5.48 Å². The van der Waals surface area contributed by atoms with E-state index in [1.807, 2.05) is 0 Å². The Hall–Kier alpha value is -0.920. The van der Waals surface area contributed by atoms with Gasteiger partial charge < -0.3 is 0 Å². The standard InChI is InChI=1S/C12H24N2O4S/c1-2-3-4-5-6-7-8-9-12(19(17)18)13-10-11(15)14-16/h13,16H,2-10H2,1H3,(H,14,15). The Balaban J connectivity index is 3.80. The molecule has 0 saturated heterocycles. The van der Waals surface area contributed by atoms with E-state index in [0.29, 0.717) is 6.42 Å². The zero-order valence-corrected chi connectivity index (χ0v) is 12.3. The number of hydrogen-bond donors (Lipinski definition) is 3. The van der Waals surface area contributed by atoms with Crippen LogP contribution in [0.3, 0.4) is 0 Å². The summed E-state index contributed by atoms with van der Waals surface area (Å²) in [4.78, 5) is 10.9. The maximum atomic E-state index is 10.9. The number of carbonyl (C=O) groups is 1. The van der Waals surface area contributed by atoms with Crippen molar-refractivity contribution in [2.45, 2.75) is 58.3 Å². The van der Waals surface area contributed by atoms with E-state index >= 15 is 0 Å². The van der Waals surface area contributed by atoms with E-state index in [2.05, 4.69) is 12.2 Å². The number of unbranched alkanes of at least 4 members (excludes halogenated alkanes) is 6. The molecule has 0 radical (unpaired) electrons. The molecular weight excluding hydrogens is 268 g/mol. The van der Waals surface area contributed by atoms with Crippen LogP contribution in [0.15, 0.2) is 0 Å². The van der Waals surface area contributed by atoms with Crippen LogP contribution in [-0.2, 0) is 15.1 Å². The summed E-state index contributed by atoms with van der Waals surface area (Å²) in [6.45, 7) is 1.93. The van der Waals surface area contributed by atoms with Gasteiger partial charge in [0.1, 0.15) is 4.99 Å². The zero-order chi connectivity index (χ0) is 14.5. The highest BCUT2D eigenvalue weighted by Crippen LogP contribution is 2.08. The highest BCUT2D eigenvalue weighted by Gasteiger charge is 2.05. The molecule has 3 N–H and O–H groups in total. The summed E-state index contributed by atoms with van der Waals surface area (Å²) in [5.74, 6) is -0.664. The number of hydrogen-bond acceptors (Lipinski definition) is 4. The minimum atomic E-state index is -2.34. The van der Waals surface area contributed by atoms with Gasteiger partial charge in [-0.1, -0.05) is 45.4 Å². The minimum absolute atomic E-state index is 0.122. The fraction of sp³-hybridized carbons (Fsp3) is 0.833. The number of rotatable bonds is 10. The smallest absolute Gasteiger partial charge is 0.257 e. The summed E-state index contributed by atoms with van der Waals surface area (Å²) in [5.41, 5.74) is 1.44. The average Bonchev–Trinajstić information content (AvgIpc) is 2.40. The van der Waals surface area contributed by atoms with Crippen LogP contribution in [0.5, 0.6) is 0 Å². The van der Waals surface area contributed by atoms with Crippen LogP contribution >= 0.6 is 0 Å². The molecule has 0 aliphatic heterocycles. The summed E-state index contributed by atoms with van der Waals surface area (Å²) in [6.07, 6.45) is 8.16. The van der Waals surface area contributed by atoms with Crippen LogP contribution in [0, 0.1) is 0 Å². The second kappa shape index (κ2) is 12.1. The number of amides is 1. The number of hydroxylamine groups is 1. The molecular formula is C12H24N2O4S. The molecule has 0 aliphatic carbocycles. The maximum absolute atomic E-state index is 10.9. The van der Waals surface area contributed by atoms with Gasteiger partial charge in [-0.2, -0.15) is 8.42 Å². The topological polar surface area (TPSA) is 95.5 Å². The van der Waals surface area contributed by atoms with Gasteiger partial charge in [0.05, 0.1) is 6.54 Å². The molecule has 0 fully saturated rings. The van der Waals surface area contributed by atoms with Gasteiger partial charge in [0.25, 0.3) is 5.91 Å². The first-order valence-corrected chi connectivity index (χ1v) is 7.81. The van der Waals surface area contributed by atoms with Crippen LogP contribution in [0.4, 0.5) is 0 Å². The maximum Gasteiger partial charge on any atom is 0.257 e. The van der Waals surface area contributed by atoms with Gasteiger partial charge in [0.15, 0.2) is 0 Å². The third-order valence-electron chi connectivity index (χ3n) is 2.78. The SMILES string of the molecule is CCCCCCCCCC(NCC(=O)NO)=S(=O)=O. The fourth-order valence-electron chi connectivity index (χ4n) is 1.69. The minimum Gasteiger partial charge on any atom is -0.289 e. The van der Waals surface area contributed by atoms with Gasteiger partial charge in [-0.15, -0.1) is 0 Å². The molecule has 0 rings (SSSR count). The van der Waals surface area contributed by atoms with Crippen LogP contribution in [0.25, 0.3) is 0 Å². The third-order valence-corrected chi connectivity index (χ3v) is 3.53. The highest BCUT2D eigenvalue weighted by atomic mass is 32.2. The molecule has 0 aromatic rings. The Morgan fingerprint density at radius 2 is 1.63 bits per heavy atom. The predicted molar refractivity (Wildman–Crippen MR) is 74.5 cm³/mol. The van der Waals surface area contributed by atoms with E-state index in [9.17, 15) is 13.2 Å². The Kier molecular flexibility index (Phi) is 11.5. The number of carbonyl (C=O) groups excluding carboxylic acids is 1. The van der Waals surface area contributed by atoms with Crippen LogP contribution in [-0.4, -0.2) is 31.1 Å². The van der Waals surface area contributed by atoms with Crippen molar-refractivity contribution in [3.63, 3.8) is 0 Å². The second-order valence-corrected chi connectivity index (χ2v) is 5.38. The molecule has 112 valence electrons. The van der Waals surface area contributed by atoms with E-state index in [1.165, 1.54) is 31.2 Å². The van der Waals surface area contributed by atoms with E-state index in [-0.39, 0.29) is 11.5 Å². The van der Waals surface area contributed by atoms with Crippen molar-refractivity contribution in [3.05, 3.63) is 0 Å². The van der Waals surface area contributed by atoms with Crippen molar-refractivity contribution >= 4 is 21.2 Å². The molecule has 0 atom stereocenters. The fourth-order valence-corrected chi connectivity index (χ4v) is 2.19. The lowest BCUT2D eigenvalue weighted by Gasteiger charge is -2.04. The summed E-state index contributed by atoms with van der Waals surface area (Å²) in [5, 5.41) is 10.8. The summed E-state index contributed by atoms with van der Waals surface area (Å²) in [6, 6.07) is 0. The largest absolute Gasteiger partial charge is 0.289 e. The second-order valence-electron chi connectivity index (χ2n) is 4.42. The zero-order valence-electron chi connectivity index (χ0n) is 11.4. The lowest BCUT2D eigenvalue weighted by atomic mass is 10.1. The first-order valence-electron chi connectivity index (χ1n) is 6.73. The van der Waals surface area contributed by atoms with Gasteiger partial charge in [0.2, 0.25) is 10.3 Å². The van der Waals surface area contributed by atoms with Crippen LogP contribution in [0.2, 0.25) is 0 Å². The summed E-state index contributed by atoms with van der Waals surface area (Å²) < 4.78 is 21.8. The Morgan fingerprint density at radius 1 is 1.05 bits per heavy atom. The predicted octanol–water partition coefficient (Wildman–Crippen LogP) is 1.23. The van der Waals surface area contributed by atoms with E-state index in [1.54, 1.807) is 0 Å². The first kappa shape index (κ1) is 18.1. The van der Waals surface area contributed by atoms with Gasteiger partial charge in [-0.3, -0.25) is 15.3 Å². The lowest BCUT2D eigenvalue weighted by molar-refractivity contribution is -0.127. The average molecular weight is 292 g/mol. The van der Waals surface area contributed by atoms with E-state index in [0.717, 1.165) is 19.3 Å². The van der Waals surface area contributed by atoms with Gasteiger partial charge in [-0.05, 0) is 12.8 Å². The summed E-state index contributed by atoms with van der Waals surface area (Å²) >= 11 is 0. The van der Waals surface area contributed by atoms with Crippen molar-refractivity contribution in [1.29, 1.82) is 0 Å². The monoisotopic (exact) mass is 292 g/mol.